The van der Waals surface area contributed by atoms with Crippen LogP contribution in [-0.4, -0.2) is 37.2 Å². The maximum Gasteiger partial charge on any atom is 0.306 e. The number of esters is 3. The number of carbonyl (C=O) groups excluding carboxylic acids is 3. The van der Waals surface area contributed by atoms with Gasteiger partial charge in [0, 0.05) is 19.3 Å². The van der Waals surface area contributed by atoms with Gasteiger partial charge in [0.1, 0.15) is 13.2 Å². The second-order valence-electron chi connectivity index (χ2n) is 17.4. The van der Waals surface area contributed by atoms with Gasteiger partial charge in [0.15, 0.2) is 6.10 Å². The van der Waals surface area contributed by atoms with Crippen molar-refractivity contribution < 1.29 is 28.6 Å². The monoisotopic (exact) mass is 819 g/mol. The Kier molecular flexibility index (Phi) is 46.3. The third-order valence-electron chi connectivity index (χ3n) is 11.5. The first-order valence-corrected chi connectivity index (χ1v) is 25.7. The van der Waals surface area contributed by atoms with E-state index in [1.165, 1.54) is 173 Å². The molecule has 0 aliphatic rings. The van der Waals surface area contributed by atoms with E-state index in [0.717, 1.165) is 70.6 Å². The highest BCUT2D eigenvalue weighted by Crippen LogP contribution is 2.16. The average molecular weight is 819 g/mol. The topological polar surface area (TPSA) is 78.9 Å². The Morgan fingerprint density at radius 1 is 0.328 bits per heavy atom. The fourth-order valence-corrected chi connectivity index (χ4v) is 7.61. The molecule has 0 bridgehead atoms. The van der Waals surface area contributed by atoms with Crippen LogP contribution in [0.5, 0.6) is 0 Å². The second kappa shape index (κ2) is 47.8. The van der Waals surface area contributed by atoms with Crippen LogP contribution in [-0.2, 0) is 28.6 Å². The van der Waals surface area contributed by atoms with E-state index in [-0.39, 0.29) is 31.1 Å². The van der Waals surface area contributed by atoms with Gasteiger partial charge < -0.3 is 14.2 Å². The zero-order chi connectivity index (χ0) is 42.3. The summed E-state index contributed by atoms with van der Waals surface area (Å²) >= 11 is 0. The molecule has 342 valence electrons. The Morgan fingerprint density at radius 2 is 0.569 bits per heavy atom. The molecule has 0 amide bonds. The van der Waals surface area contributed by atoms with Crippen molar-refractivity contribution >= 4 is 17.9 Å². The summed E-state index contributed by atoms with van der Waals surface area (Å²) in [4.78, 5) is 37.8. The van der Waals surface area contributed by atoms with Crippen molar-refractivity contribution in [3.8, 4) is 0 Å². The summed E-state index contributed by atoms with van der Waals surface area (Å²) in [6.45, 7) is 6.64. The minimum atomic E-state index is -0.770. The van der Waals surface area contributed by atoms with Crippen molar-refractivity contribution in [2.45, 2.75) is 290 Å². The molecule has 0 N–H and O–H groups in total. The van der Waals surface area contributed by atoms with Gasteiger partial charge in [-0.3, -0.25) is 14.4 Å². The molecule has 0 rings (SSSR count). The second-order valence-corrected chi connectivity index (χ2v) is 17.4. The molecule has 0 spiro atoms. The predicted octanol–water partition coefficient (Wildman–Crippen LogP) is 16.6. The van der Waals surface area contributed by atoms with Crippen molar-refractivity contribution in [1.82, 2.24) is 0 Å². The smallest absolute Gasteiger partial charge is 0.306 e. The fourth-order valence-electron chi connectivity index (χ4n) is 7.61. The summed E-state index contributed by atoms with van der Waals surface area (Å²) in [5, 5.41) is 0. The van der Waals surface area contributed by atoms with Gasteiger partial charge in [0.25, 0.3) is 0 Å². The summed E-state index contributed by atoms with van der Waals surface area (Å²) in [7, 11) is 0. The van der Waals surface area contributed by atoms with Gasteiger partial charge >= 0.3 is 17.9 Å². The third-order valence-corrected chi connectivity index (χ3v) is 11.5. The van der Waals surface area contributed by atoms with Crippen molar-refractivity contribution in [3.63, 3.8) is 0 Å². The Balaban J connectivity index is 4.29. The minimum absolute atomic E-state index is 0.0710. The van der Waals surface area contributed by atoms with Crippen molar-refractivity contribution in [2.24, 2.45) is 0 Å². The highest BCUT2D eigenvalue weighted by Gasteiger charge is 2.19. The third kappa shape index (κ3) is 45.2. The van der Waals surface area contributed by atoms with Crippen LogP contribution in [0.25, 0.3) is 0 Å². The zero-order valence-corrected chi connectivity index (χ0v) is 39.1. The Hall–Kier alpha value is -1.85. The van der Waals surface area contributed by atoms with E-state index in [1.807, 2.05) is 0 Å². The normalized spacial score (nSPS) is 12.0. The first-order chi connectivity index (χ1) is 28.5. The lowest BCUT2D eigenvalue weighted by Gasteiger charge is -2.18. The number of hydrogen-bond donors (Lipinski definition) is 0. The molecule has 0 heterocycles. The fraction of sp³-hybridized carbons (Fsp3) is 0.904. The number of allylic oxidation sites excluding steroid dienone is 2. The van der Waals surface area contributed by atoms with E-state index in [1.54, 1.807) is 0 Å². The number of hydrogen-bond acceptors (Lipinski definition) is 6. The Bertz CT molecular complexity index is 900. The number of carbonyl (C=O) groups is 3. The van der Waals surface area contributed by atoms with Gasteiger partial charge in [-0.1, -0.05) is 232 Å². The van der Waals surface area contributed by atoms with Crippen molar-refractivity contribution in [2.75, 3.05) is 13.2 Å². The molecular formula is C52H98O6. The molecule has 0 radical (unpaired) electrons. The van der Waals surface area contributed by atoms with E-state index in [2.05, 4.69) is 32.9 Å². The van der Waals surface area contributed by atoms with Crippen LogP contribution >= 0.6 is 0 Å². The van der Waals surface area contributed by atoms with Crippen LogP contribution in [0.15, 0.2) is 12.2 Å². The molecule has 0 aromatic heterocycles. The van der Waals surface area contributed by atoms with Crippen LogP contribution in [0, 0.1) is 0 Å². The van der Waals surface area contributed by atoms with Crippen LogP contribution in [0.1, 0.15) is 284 Å². The average Bonchev–Trinajstić information content (AvgIpc) is 3.22. The minimum Gasteiger partial charge on any atom is -0.462 e. The quantitative estimate of drug-likeness (QED) is 0.0263. The summed E-state index contributed by atoms with van der Waals surface area (Å²) in [6, 6.07) is 0. The lowest BCUT2D eigenvalue weighted by atomic mass is 10.0. The first kappa shape index (κ1) is 56.1. The number of unbranched alkanes of at least 4 members (excludes halogenated alkanes) is 34. The van der Waals surface area contributed by atoms with Gasteiger partial charge in [-0.05, 0) is 44.9 Å². The number of ether oxygens (including phenoxy) is 3. The molecule has 6 nitrogen and oxygen atoms in total. The standard InChI is InChI=1S/C52H98O6/c1-4-7-10-13-16-19-22-24-25-26-27-29-30-33-36-39-42-45-51(54)57-48-49(47-56-50(53)44-41-38-35-32-21-18-15-12-9-6-3)58-52(55)46-43-40-37-34-31-28-23-20-17-14-11-8-5-2/h28,31,49H,4-27,29-30,32-48H2,1-3H3/b31-28-. The van der Waals surface area contributed by atoms with E-state index in [4.69, 9.17) is 14.2 Å². The summed E-state index contributed by atoms with van der Waals surface area (Å²) < 4.78 is 16.8. The first-order valence-electron chi connectivity index (χ1n) is 25.7. The highest BCUT2D eigenvalue weighted by molar-refractivity contribution is 5.71. The summed E-state index contributed by atoms with van der Waals surface area (Å²) in [5.74, 6) is -0.873. The zero-order valence-electron chi connectivity index (χ0n) is 39.1. The van der Waals surface area contributed by atoms with Gasteiger partial charge in [0.2, 0.25) is 0 Å². The van der Waals surface area contributed by atoms with Crippen molar-refractivity contribution in [1.29, 1.82) is 0 Å². The molecule has 0 fully saturated rings. The molecule has 0 saturated heterocycles. The maximum absolute atomic E-state index is 12.7. The van der Waals surface area contributed by atoms with E-state index in [0.29, 0.717) is 19.3 Å². The lowest BCUT2D eigenvalue weighted by molar-refractivity contribution is -0.167. The maximum atomic E-state index is 12.7. The van der Waals surface area contributed by atoms with Gasteiger partial charge in [-0.15, -0.1) is 0 Å². The van der Waals surface area contributed by atoms with Gasteiger partial charge in [-0.2, -0.15) is 0 Å². The van der Waals surface area contributed by atoms with Crippen LogP contribution in [0.2, 0.25) is 0 Å². The van der Waals surface area contributed by atoms with Crippen LogP contribution in [0.4, 0.5) is 0 Å². The van der Waals surface area contributed by atoms with Crippen LogP contribution < -0.4 is 0 Å². The molecule has 0 aromatic carbocycles. The highest BCUT2D eigenvalue weighted by atomic mass is 16.6. The largest absolute Gasteiger partial charge is 0.462 e. The molecule has 1 atom stereocenters. The van der Waals surface area contributed by atoms with E-state index in [9.17, 15) is 14.4 Å². The molecular weight excluding hydrogens is 721 g/mol. The van der Waals surface area contributed by atoms with Gasteiger partial charge in [-0.25, -0.2) is 0 Å². The molecule has 0 aromatic rings. The number of rotatable bonds is 47. The molecule has 0 aliphatic heterocycles. The Morgan fingerprint density at radius 3 is 0.879 bits per heavy atom. The van der Waals surface area contributed by atoms with E-state index >= 15 is 0 Å². The Labute approximate surface area is 360 Å². The van der Waals surface area contributed by atoms with Gasteiger partial charge in [0.05, 0.1) is 0 Å². The lowest BCUT2D eigenvalue weighted by Crippen LogP contribution is -2.30. The molecule has 0 saturated carbocycles. The van der Waals surface area contributed by atoms with Crippen LogP contribution in [0.3, 0.4) is 0 Å². The van der Waals surface area contributed by atoms with E-state index < -0.39 is 6.10 Å². The molecule has 6 heteroatoms. The SMILES string of the molecule is CCCCCCCC/C=C\CCCCCC(=O)OC(COC(=O)CCCCCCCCCCCC)COC(=O)CCCCCCCCCCCCCCCCCCC. The molecule has 58 heavy (non-hydrogen) atoms. The van der Waals surface area contributed by atoms with Crippen molar-refractivity contribution in [3.05, 3.63) is 12.2 Å². The molecule has 1 unspecified atom stereocenters. The predicted molar refractivity (Wildman–Crippen MR) is 247 cm³/mol. The summed E-state index contributed by atoms with van der Waals surface area (Å²) in [6.07, 6.45) is 52.0. The summed E-state index contributed by atoms with van der Waals surface area (Å²) in [5.41, 5.74) is 0. The molecule has 0 aliphatic carbocycles.